The molecular formula is C23H28FN7O4. The average Bonchev–Trinajstić information content (AvgIpc) is 3.66. The normalized spacial score (nSPS) is 25.1. The molecule has 0 bridgehead atoms. The van der Waals surface area contributed by atoms with Gasteiger partial charge in [-0.1, -0.05) is 0 Å². The van der Waals surface area contributed by atoms with E-state index in [0.717, 1.165) is 42.6 Å². The molecule has 3 atom stereocenters. The molecule has 3 N–H and O–H groups in total. The van der Waals surface area contributed by atoms with Crippen molar-refractivity contribution in [2.45, 2.75) is 69.1 Å². The number of hydrogen-bond acceptors (Lipinski definition) is 8. The molecule has 3 fully saturated rings. The fourth-order valence-electron chi connectivity index (χ4n) is 4.28. The molecule has 0 unspecified atom stereocenters. The molecule has 0 radical (unpaired) electrons. The van der Waals surface area contributed by atoms with Crippen LogP contribution in [0.25, 0.3) is 5.52 Å². The van der Waals surface area contributed by atoms with E-state index in [9.17, 15) is 4.79 Å². The number of nitrogens with zero attached hydrogens (tertiary/aromatic N) is 4. The van der Waals surface area contributed by atoms with Crippen molar-refractivity contribution in [3.8, 4) is 0 Å². The lowest BCUT2D eigenvalue weighted by Crippen LogP contribution is -2.39. The average molecular weight is 486 g/mol. The number of carbonyl (C=O) groups is 1. The van der Waals surface area contributed by atoms with E-state index in [-0.39, 0.29) is 12.1 Å². The van der Waals surface area contributed by atoms with Crippen molar-refractivity contribution in [3.05, 3.63) is 35.4 Å². The number of aromatic nitrogens is 5. The van der Waals surface area contributed by atoms with Crippen LogP contribution in [-0.2, 0) is 20.8 Å². The topological polar surface area (TPSA) is 128 Å². The second kappa shape index (κ2) is 8.45. The summed E-state index contributed by atoms with van der Waals surface area (Å²) in [6.45, 7) is 2.30. The monoisotopic (exact) mass is 485 g/mol. The second-order valence-corrected chi connectivity index (χ2v) is 9.85. The summed E-state index contributed by atoms with van der Waals surface area (Å²) in [4.78, 5) is 16.9. The molecule has 1 amide bonds. The summed E-state index contributed by atoms with van der Waals surface area (Å²) >= 11 is 0. The lowest BCUT2D eigenvalue weighted by atomic mass is 10.1. The van der Waals surface area contributed by atoms with Crippen molar-refractivity contribution in [1.82, 2.24) is 30.1 Å². The predicted octanol–water partition coefficient (Wildman–Crippen LogP) is 3.28. The van der Waals surface area contributed by atoms with Gasteiger partial charge in [-0.3, -0.25) is 5.10 Å². The first-order valence-corrected chi connectivity index (χ1v) is 11.9. The van der Waals surface area contributed by atoms with Gasteiger partial charge >= 0.3 is 6.09 Å². The Labute approximate surface area is 200 Å². The summed E-state index contributed by atoms with van der Waals surface area (Å²) in [5.74, 6) is 1.51. The number of alkyl halides is 1. The zero-order valence-electron chi connectivity index (χ0n) is 19.6. The molecule has 3 aromatic heterocycles. The number of alkyl carbamates (subject to hydrolysis) is 1. The molecular weight excluding hydrogens is 457 g/mol. The van der Waals surface area contributed by atoms with Gasteiger partial charge in [0, 0.05) is 24.6 Å². The minimum absolute atomic E-state index is 0.0263. The number of ether oxygens (including phenoxy) is 3. The van der Waals surface area contributed by atoms with Crippen LogP contribution >= 0.6 is 0 Å². The van der Waals surface area contributed by atoms with Crippen LogP contribution < -0.4 is 10.6 Å². The maximum atomic E-state index is 15.1. The zero-order chi connectivity index (χ0) is 24.2. The van der Waals surface area contributed by atoms with E-state index in [2.05, 4.69) is 25.9 Å². The highest BCUT2D eigenvalue weighted by molar-refractivity contribution is 5.73. The van der Waals surface area contributed by atoms with Crippen LogP contribution in [0.15, 0.2) is 18.3 Å². The minimum Gasteiger partial charge on any atom is -0.441 e. The number of H-pyrrole nitrogens is 1. The Balaban J connectivity index is 1.17. The number of rotatable bonds is 8. The summed E-state index contributed by atoms with van der Waals surface area (Å²) in [6, 6.07) is 3.59. The number of hydrogen-bond donors (Lipinski definition) is 3. The SMILES string of the molecule is COCc1cc2c(Nc3cc([C@@H]4OC[C@H](OC(=O)NC5(C)CC5)[C@@H]4F)[nH]n3)nc(C3CC3)cn2n1. The van der Waals surface area contributed by atoms with Gasteiger partial charge in [0.25, 0.3) is 0 Å². The Morgan fingerprint density at radius 2 is 2.20 bits per heavy atom. The van der Waals surface area contributed by atoms with Crippen LogP contribution in [0, 0.1) is 0 Å². The zero-order valence-corrected chi connectivity index (χ0v) is 19.6. The summed E-state index contributed by atoms with van der Waals surface area (Å²) in [7, 11) is 1.63. The minimum atomic E-state index is -1.52. The van der Waals surface area contributed by atoms with Crippen LogP contribution in [0.5, 0.6) is 0 Å². The van der Waals surface area contributed by atoms with E-state index in [1.54, 1.807) is 17.7 Å². The molecule has 4 heterocycles. The van der Waals surface area contributed by atoms with E-state index < -0.39 is 24.5 Å². The van der Waals surface area contributed by atoms with Gasteiger partial charge in [-0.2, -0.15) is 10.2 Å². The Bertz CT molecular complexity index is 1250. The summed E-state index contributed by atoms with van der Waals surface area (Å²) in [5.41, 5.74) is 2.75. The Hall–Kier alpha value is -3.25. The number of carbonyl (C=O) groups excluding carboxylic acids is 1. The van der Waals surface area contributed by atoms with Gasteiger partial charge in [0.05, 0.1) is 36.5 Å². The molecule has 3 aromatic rings. The highest BCUT2D eigenvalue weighted by Gasteiger charge is 2.44. The quantitative estimate of drug-likeness (QED) is 0.444. The lowest BCUT2D eigenvalue weighted by Gasteiger charge is -2.17. The molecule has 186 valence electrons. The number of amides is 1. The van der Waals surface area contributed by atoms with E-state index >= 15 is 4.39 Å². The first kappa shape index (κ1) is 22.2. The largest absolute Gasteiger partial charge is 0.441 e. The molecule has 2 aliphatic carbocycles. The second-order valence-electron chi connectivity index (χ2n) is 9.85. The van der Waals surface area contributed by atoms with Gasteiger partial charge in [-0.15, -0.1) is 0 Å². The Kier molecular flexibility index (Phi) is 5.37. The van der Waals surface area contributed by atoms with Crippen molar-refractivity contribution in [2.75, 3.05) is 19.0 Å². The summed E-state index contributed by atoms with van der Waals surface area (Å²) in [5, 5.41) is 17.7. The molecule has 0 aromatic carbocycles. The molecule has 12 heteroatoms. The fourth-order valence-corrected chi connectivity index (χ4v) is 4.28. The lowest BCUT2D eigenvalue weighted by molar-refractivity contribution is 0.0604. The van der Waals surface area contributed by atoms with Crippen molar-refractivity contribution in [3.63, 3.8) is 0 Å². The molecule has 1 saturated heterocycles. The number of methoxy groups -OCH3 is 1. The van der Waals surface area contributed by atoms with Gasteiger partial charge in [-0.25, -0.2) is 18.7 Å². The van der Waals surface area contributed by atoms with Gasteiger partial charge in [0.15, 0.2) is 23.9 Å². The third-order valence-corrected chi connectivity index (χ3v) is 6.71. The van der Waals surface area contributed by atoms with Crippen molar-refractivity contribution < 1.29 is 23.4 Å². The first-order valence-electron chi connectivity index (χ1n) is 11.9. The van der Waals surface area contributed by atoms with Crippen molar-refractivity contribution >= 4 is 23.2 Å². The smallest absolute Gasteiger partial charge is 0.408 e. The third-order valence-electron chi connectivity index (χ3n) is 6.71. The molecule has 1 aliphatic heterocycles. The Morgan fingerprint density at radius 1 is 1.37 bits per heavy atom. The van der Waals surface area contributed by atoms with Crippen LogP contribution in [0.1, 0.15) is 61.7 Å². The summed E-state index contributed by atoms with van der Waals surface area (Å²) < 4.78 is 33.0. The molecule has 3 aliphatic rings. The van der Waals surface area contributed by atoms with E-state index in [1.165, 1.54) is 0 Å². The summed E-state index contributed by atoms with van der Waals surface area (Å²) in [6.07, 6.45) is 1.92. The van der Waals surface area contributed by atoms with E-state index in [4.69, 9.17) is 19.2 Å². The van der Waals surface area contributed by atoms with Crippen molar-refractivity contribution in [2.24, 2.45) is 0 Å². The first-order chi connectivity index (χ1) is 16.9. The van der Waals surface area contributed by atoms with Crippen LogP contribution in [-0.4, -0.2) is 62.4 Å². The van der Waals surface area contributed by atoms with Crippen LogP contribution in [0.2, 0.25) is 0 Å². The number of aromatic amines is 1. The maximum Gasteiger partial charge on any atom is 0.408 e. The van der Waals surface area contributed by atoms with Gasteiger partial charge in [0.2, 0.25) is 0 Å². The number of fused-ring (bicyclic) bond motifs is 1. The maximum absolute atomic E-state index is 15.1. The number of nitrogens with one attached hydrogen (secondary N) is 3. The Morgan fingerprint density at radius 3 is 2.94 bits per heavy atom. The van der Waals surface area contributed by atoms with Gasteiger partial charge in [0.1, 0.15) is 11.6 Å². The molecule has 0 spiro atoms. The predicted molar refractivity (Wildman–Crippen MR) is 122 cm³/mol. The highest BCUT2D eigenvalue weighted by atomic mass is 19.1. The molecule has 35 heavy (non-hydrogen) atoms. The standard InChI is InChI=1S/C23H28FN7O4/c1-23(5-6-23)27-22(32)35-17-11-34-20(19(17)24)14-8-18(29-28-14)26-21-16-7-13(10-33-2)30-31(16)9-15(25-21)12-3-4-12/h7-9,12,17,19-20H,3-6,10-11H2,1-2H3,(H,27,32)(H2,25,26,28,29)/t17-,19-,20-/m0/s1. The highest BCUT2D eigenvalue weighted by Crippen LogP contribution is 2.40. The van der Waals surface area contributed by atoms with Gasteiger partial charge < -0.3 is 24.8 Å². The number of halogens is 1. The van der Waals surface area contributed by atoms with E-state index in [1.807, 2.05) is 19.2 Å². The van der Waals surface area contributed by atoms with Crippen LogP contribution in [0.3, 0.4) is 0 Å². The van der Waals surface area contributed by atoms with E-state index in [0.29, 0.717) is 29.9 Å². The molecule has 6 rings (SSSR count). The third kappa shape index (κ3) is 4.55. The molecule has 11 nitrogen and oxygen atoms in total. The van der Waals surface area contributed by atoms with Crippen LogP contribution in [0.4, 0.5) is 20.8 Å². The number of anilines is 2. The van der Waals surface area contributed by atoms with Crippen molar-refractivity contribution in [1.29, 1.82) is 0 Å². The van der Waals surface area contributed by atoms with Gasteiger partial charge in [-0.05, 0) is 38.7 Å². The fraction of sp³-hybridized carbons (Fsp3) is 0.565. The molecule has 2 saturated carbocycles.